The number of amides is 3. The third-order valence-electron chi connectivity index (χ3n) is 3.85. The van der Waals surface area contributed by atoms with Gasteiger partial charge in [-0.25, -0.2) is 4.79 Å². The molecule has 0 atom stereocenters. The summed E-state index contributed by atoms with van der Waals surface area (Å²) in [4.78, 5) is 29.0. The van der Waals surface area contributed by atoms with Gasteiger partial charge in [0.2, 0.25) is 0 Å². The largest absolute Gasteiger partial charge is 0.336 e. The summed E-state index contributed by atoms with van der Waals surface area (Å²) in [6.45, 7) is 6.09. The highest BCUT2D eigenvalue weighted by atomic mass is 32.1. The number of nitrogens with zero attached hydrogens (tertiary/aromatic N) is 2. The Morgan fingerprint density at radius 2 is 2.12 bits per heavy atom. The lowest BCUT2D eigenvalue weighted by Gasteiger charge is -2.21. The van der Waals surface area contributed by atoms with E-state index in [-0.39, 0.29) is 11.9 Å². The highest BCUT2D eigenvalue weighted by molar-refractivity contribution is 7.09. The molecule has 1 aromatic carbocycles. The molecular formula is C18H19N3O2S. The van der Waals surface area contributed by atoms with Crippen molar-refractivity contribution in [3.05, 3.63) is 64.9 Å². The highest BCUT2D eigenvalue weighted by Crippen LogP contribution is 2.19. The molecule has 0 aliphatic carbocycles. The summed E-state index contributed by atoms with van der Waals surface area (Å²) >= 11 is 1.63. The number of rotatable bonds is 6. The lowest BCUT2D eigenvalue weighted by Crippen LogP contribution is -2.30. The zero-order valence-corrected chi connectivity index (χ0v) is 14.1. The summed E-state index contributed by atoms with van der Waals surface area (Å²) < 4.78 is 0. The van der Waals surface area contributed by atoms with Crippen LogP contribution in [0.15, 0.2) is 54.4 Å². The van der Waals surface area contributed by atoms with Gasteiger partial charge in [0.25, 0.3) is 5.91 Å². The average Bonchev–Trinajstić information content (AvgIpc) is 3.25. The van der Waals surface area contributed by atoms with Crippen LogP contribution in [0.4, 0.5) is 10.5 Å². The van der Waals surface area contributed by atoms with Crippen molar-refractivity contribution < 1.29 is 9.59 Å². The van der Waals surface area contributed by atoms with Crippen molar-refractivity contribution >= 4 is 29.0 Å². The minimum Gasteiger partial charge on any atom is -0.336 e. The quantitative estimate of drug-likeness (QED) is 0.821. The molecule has 124 valence electrons. The van der Waals surface area contributed by atoms with Crippen molar-refractivity contribution in [2.45, 2.75) is 6.54 Å². The van der Waals surface area contributed by atoms with E-state index < -0.39 is 0 Å². The Hall–Kier alpha value is -2.60. The van der Waals surface area contributed by atoms with Crippen LogP contribution in [-0.4, -0.2) is 36.5 Å². The Balaban J connectivity index is 1.74. The topological polar surface area (TPSA) is 52.7 Å². The molecule has 1 aliphatic heterocycles. The van der Waals surface area contributed by atoms with Crippen molar-refractivity contribution in [3.63, 3.8) is 0 Å². The fraction of sp³-hybridized carbons (Fsp3) is 0.222. The van der Waals surface area contributed by atoms with Crippen LogP contribution in [0.3, 0.4) is 0 Å². The first-order chi connectivity index (χ1) is 11.7. The third kappa shape index (κ3) is 3.49. The first kappa shape index (κ1) is 16.3. The Bertz CT molecular complexity index is 725. The van der Waals surface area contributed by atoms with Gasteiger partial charge >= 0.3 is 6.03 Å². The SMILES string of the molecule is C=CCN(Cc1cccs1)C(=O)c1ccc(N2CCNC2=O)cc1. The molecule has 1 saturated heterocycles. The second-order valence-electron chi connectivity index (χ2n) is 5.48. The van der Waals surface area contributed by atoms with Crippen LogP contribution in [0.1, 0.15) is 15.2 Å². The second-order valence-corrected chi connectivity index (χ2v) is 6.52. The van der Waals surface area contributed by atoms with E-state index in [1.807, 2.05) is 29.6 Å². The number of benzene rings is 1. The normalized spacial score (nSPS) is 13.7. The summed E-state index contributed by atoms with van der Waals surface area (Å²) in [6.07, 6.45) is 1.73. The van der Waals surface area contributed by atoms with E-state index in [2.05, 4.69) is 11.9 Å². The van der Waals surface area contributed by atoms with Crippen LogP contribution in [0.5, 0.6) is 0 Å². The van der Waals surface area contributed by atoms with E-state index in [1.54, 1.807) is 39.3 Å². The number of hydrogen-bond donors (Lipinski definition) is 1. The maximum atomic E-state index is 12.7. The molecule has 1 fully saturated rings. The Labute approximate surface area is 145 Å². The van der Waals surface area contributed by atoms with Gasteiger partial charge in [-0.2, -0.15) is 0 Å². The van der Waals surface area contributed by atoms with Gasteiger partial charge in [0.05, 0.1) is 6.54 Å². The van der Waals surface area contributed by atoms with E-state index in [4.69, 9.17) is 0 Å². The number of urea groups is 1. The Morgan fingerprint density at radius 1 is 1.33 bits per heavy atom. The Morgan fingerprint density at radius 3 is 2.71 bits per heavy atom. The van der Waals surface area contributed by atoms with Crippen molar-refractivity contribution in [1.29, 1.82) is 0 Å². The molecule has 1 aliphatic rings. The monoisotopic (exact) mass is 341 g/mol. The predicted molar refractivity (Wildman–Crippen MR) is 96.4 cm³/mol. The number of anilines is 1. The van der Waals surface area contributed by atoms with E-state index >= 15 is 0 Å². The standard InChI is InChI=1S/C18H19N3O2S/c1-2-10-20(13-16-4-3-12-24-16)17(22)14-5-7-15(8-6-14)21-11-9-19-18(21)23/h2-8,12H,1,9-11,13H2,(H,19,23). The van der Waals surface area contributed by atoms with E-state index in [9.17, 15) is 9.59 Å². The first-order valence-electron chi connectivity index (χ1n) is 7.77. The summed E-state index contributed by atoms with van der Waals surface area (Å²) in [7, 11) is 0. The molecule has 5 nitrogen and oxygen atoms in total. The van der Waals surface area contributed by atoms with Gasteiger partial charge in [-0.05, 0) is 35.7 Å². The number of thiophene rings is 1. The second kappa shape index (κ2) is 7.31. The number of hydrogen-bond acceptors (Lipinski definition) is 3. The van der Waals surface area contributed by atoms with Crippen molar-refractivity contribution in [2.24, 2.45) is 0 Å². The zero-order chi connectivity index (χ0) is 16.9. The summed E-state index contributed by atoms with van der Waals surface area (Å²) in [5.74, 6) is -0.0410. The maximum absolute atomic E-state index is 12.7. The molecule has 1 N–H and O–H groups in total. The van der Waals surface area contributed by atoms with Crippen LogP contribution < -0.4 is 10.2 Å². The van der Waals surface area contributed by atoms with Gasteiger partial charge in [0.1, 0.15) is 0 Å². The van der Waals surface area contributed by atoms with Gasteiger partial charge in [0.15, 0.2) is 0 Å². The zero-order valence-electron chi connectivity index (χ0n) is 13.3. The lowest BCUT2D eigenvalue weighted by molar-refractivity contribution is 0.0764. The van der Waals surface area contributed by atoms with Crippen molar-refractivity contribution in [2.75, 3.05) is 24.5 Å². The van der Waals surface area contributed by atoms with Gasteiger partial charge in [-0.3, -0.25) is 9.69 Å². The minimum atomic E-state index is -0.0972. The van der Waals surface area contributed by atoms with Crippen LogP contribution in [0.25, 0.3) is 0 Å². The summed E-state index contributed by atoms with van der Waals surface area (Å²) in [6, 6.07) is 11.1. The maximum Gasteiger partial charge on any atom is 0.321 e. The molecular weight excluding hydrogens is 322 g/mol. The third-order valence-corrected chi connectivity index (χ3v) is 4.71. The number of nitrogens with one attached hydrogen (secondary N) is 1. The fourth-order valence-corrected chi connectivity index (χ4v) is 3.37. The highest BCUT2D eigenvalue weighted by Gasteiger charge is 2.22. The average molecular weight is 341 g/mol. The molecule has 2 heterocycles. The van der Waals surface area contributed by atoms with Gasteiger partial charge in [0, 0.05) is 35.8 Å². The first-order valence-corrected chi connectivity index (χ1v) is 8.65. The van der Waals surface area contributed by atoms with E-state index in [1.165, 1.54) is 0 Å². The van der Waals surface area contributed by atoms with Crippen LogP contribution in [0, 0.1) is 0 Å². The molecule has 0 bridgehead atoms. The molecule has 1 aromatic heterocycles. The molecule has 0 saturated carbocycles. The molecule has 0 radical (unpaired) electrons. The molecule has 0 spiro atoms. The van der Waals surface area contributed by atoms with Crippen molar-refractivity contribution in [3.8, 4) is 0 Å². The fourth-order valence-electron chi connectivity index (χ4n) is 2.65. The van der Waals surface area contributed by atoms with Gasteiger partial charge in [-0.15, -0.1) is 17.9 Å². The van der Waals surface area contributed by atoms with Crippen LogP contribution in [-0.2, 0) is 6.54 Å². The molecule has 2 aromatic rings. The van der Waals surface area contributed by atoms with Crippen LogP contribution in [0.2, 0.25) is 0 Å². The van der Waals surface area contributed by atoms with Gasteiger partial charge < -0.3 is 10.2 Å². The molecule has 24 heavy (non-hydrogen) atoms. The van der Waals surface area contributed by atoms with Crippen molar-refractivity contribution in [1.82, 2.24) is 10.2 Å². The molecule has 3 rings (SSSR count). The summed E-state index contributed by atoms with van der Waals surface area (Å²) in [5.41, 5.74) is 1.41. The van der Waals surface area contributed by atoms with Crippen LogP contribution >= 0.6 is 11.3 Å². The van der Waals surface area contributed by atoms with E-state index in [0.29, 0.717) is 31.7 Å². The molecule has 6 heteroatoms. The minimum absolute atomic E-state index is 0.0410. The summed E-state index contributed by atoms with van der Waals surface area (Å²) in [5, 5.41) is 4.77. The predicted octanol–water partition coefficient (Wildman–Crippen LogP) is 3.11. The van der Waals surface area contributed by atoms with Gasteiger partial charge in [-0.1, -0.05) is 12.1 Å². The number of carbonyl (C=O) groups excluding carboxylic acids is 2. The smallest absolute Gasteiger partial charge is 0.321 e. The Kier molecular flexibility index (Phi) is 4.96. The van der Waals surface area contributed by atoms with E-state index in [0.717, 1.165) is 10.6 Å². The lowest BCUT2D eigenvalue weighted by atomic mass is 10.1. The number of carbonyl (C=O) groups is 2. The molecule has 0 unspecified atom stereocenters. The molecule has 3 amide bonds.